The van der Waals surface area contributed by atoms with Crippen molar-refractivity contribution < 1.29 is 8.78 Å². The number of hydrogen-bond acceptors (Lipinski definition) is 2. The highest BCUT2D eigenvalue weighted by Gasteiger charge is 2.18. The lowest BCUT2D eigenvalue weighted by Gasteiger charge is -2.06. The Morgan fingerprint density at radius 2 is 1.76 bits per heavy atom. The first-order chi connectivity index (χ1) is 10.1. The van der Waals surface area contributed by atoms with Gasteiger partial charge in [0.25, 0.3) is 0 Å². The maximum Gasteiger partial charge on any atom is 0.153 e. The third-order valence-corrected chi connectivity index (χ3v) is 3.85. The van der Waals surface area contributed by atoms with Crippen molar-refractivity contribution >= 4 is 28.4 Å². The van der Waals surface area contributed by atoms with Crippen LogP contribution in [0.2, 0.25) is 0 Å². The number of benzene rings is 2. The van der Waals surface area contributed by atoms with Crippen LogP contribution in [0.5, 0.6) is 0 Å². The summed E-state index contributed by atoms with van der Waals surface area (Å²) in [6, 6.07) is 11.0. The van der Waals surface area contributed by atoms with Gasteiger partial charge in [-0.05, 0) is 46.9 Å². The molecule has 21 heavy (non-hydrogen) atoms. The highest BCUT2D eigenvalue weighted by atomic mass is 127. The summed E-state index contributed by atoms with van der Waals surface area (Å²) in [4.78, 5) is 0. The summed E-state index contributed by atoms with van der Waals surface area (Å²) in [7, 11) is 0. The molecule has 3 nitrogen and oxygen atoms in total. The third-order valence-electron chi connectivity index (χ3n) is 3.13. The average molecular weight is 397 g/mol. The monoisotopic (exact) mass is 397 g/mol. The lowest BCUT2D eigenvalue weighted by molar-refractivity contribution is 0.585. The van der Waals surface area contributed by atoms with Crippen molar-refractivity contribution in [1.82, 2.24) is 10.2 Å². The molecule has 0 unspecified atom stereocenters. The van der Waals surface area contributed by atoms with Gasteiger partial charge in [0.15, 0.2) is 5.82 Å². The van der Waals surface area contributed by atoms with Crippen LogP contribution in [-0.2, 0) is 0 Å². The normalized spacial score (nSPS) is 10.8. The van der Waals surface area contributed by atoms with Crippen LogP contribution in [0.15, 0.2) is 42.5 Å². The van der Waals surface area contributed by atoms with Crippen LogP contribution in [0, 0.1) is 15.2 Å². The fraction of sp³-hybridized carbons (Fsp3) is 0. The third kappa shape index (κ3) is 2.63. The first-order valence-electron chi connectivity index (χ1n) is 6.11. The Bertz CT molecular complexity index is 797. The molecular weight excluding hydrogens is 387 g/mol. The summed E-state index contributed by atoms with van der Waals surface area (Å²) in [5.74, 6) is -1.13. The number of anilines is 1. The van der Waals surface area contributed by atoms with E-state index in [4.69, 9.17) is 5.73 Å². The minimum atomic E-state index is -0.671. The minimum absolute atomic E-state index is 0.175. The van der Waals surface area contributed by atoms with Crippen molar-refractivity contribution in [2.24, 2.45) is 0 Å². The summed E-state index contributed by atoms with van der Waals surface area (Å²) < 4.78 is 28.2. The molecule has 3 rings (SSSR count). The van der Waals surface area contributed by atoms with Crippen LogP contribution >= 0.6 is 22.6 Å². The van der Waals surface area contributed by atoms with E-state index in [1.165, 1.54) is 12.1 Å². The smallest absolute Gasteiger partial charge is 0.153 e. The molecule has 0 fully saturated rings. The zero-order valence-electron chi connectivity index (χ0n) is 10.7. The number of halogens is 3. The second-order valence-corrected chi connectivity index (χ2v) is 5.74. The number of aromatic nitrogens is 2. The van der Waals surface area contributed by atoms with Gasteiger partial charge in [0, 0.05) is 20.8 Å². The molecule has 1 heterocycles. The van der Waals surface area contributed by atoms with E-state index in [9.17, 15) is 8.78 Å². The van der Waals surface area contributed by atoms with Gasteiger partial charge in [0.05, 0.1) is 11.3 Å². The van der Waals surface area contributed by atoms with Gasteiger partial charge in [-0.15, -0.1) is 0 Å². The maximum absolute atomic E-state index is 14.0. The van der Waals surface area contributed by atoms with Gasteiger partial charge in [-0.1, -0.05) is 12.1 Å². The highest BCUT2D eigenvalue weighted by molar-refractivity contribution is 14.1. The van der Waals surface area contributed by atoms with Gasteiger partial charge in [-0.25, -0.2) is 8.78 Å². The molecule has 6 heteroatoms. The Labute approximate surface area is 133 Å². The van der Waals surface area contributed by atoms with Crippen molar-refractivity contribution in [3.05, 3.63) is 57.7 Å². The van der Waals surface area contributed by atoms with Gasteiger partial charge in [0.2, 0.25) is 0 Å². The number of nitrogens with two attached hydrogens (primary N) is 1. The largest absolute Gasteiger partial charge is 0.382 e. The van der Waals surface area contributed by atoms with Crippen LogP contribution in [0.25, 0.3) is 22.4 Å². The van der Waals surface area contributed by atoms with Crippen molar-refractivity contribution in [2.75, 3.05) is 5.73 Å². The maximum atomic E-state index is 14.0. The lowest BCUT2D eigenvalue weighted by Crippen LogP contribution is -1.92. The lowest BCUT2D eigenvalue weighted by atomic mass is 10.0. The number of H-pyrrole nitrogens is 1. The highest BCUT2D eigenvalue weighted by Crippen LogP contribution is 2.36. The summed E-state index contributed by atoms with van der Waals surface area (Å²) >= 11 is 2.20. The van der Waals surface area contributed by atoms with Gasteiger partial charge in [0.1, 0.15) is 11.6 Å². The molecule has 0 atom stereocenters. The molecule has 3 N–H and O–H groups in total. The van der Waals surface area contributed by atoms with Gasteiger partial charge in [-0.2, -0.15) is 5.10 Å². The van der Waals surface area contributed by atoms with E-state index in [0.717, 1.165) is 15.2 Å². The van der Waals surface area contributed by atoms with E-state index in [1.807, 2.05) is 24.3 Å². The van der Waals surface area contributed by atoms with Crippen LogP contribution in [0.4, 0.5) is 14.6 Å². The molecule has 0 bridgehead atoms. The van der Waals surface area contributed by atoms with Crippen LogP contribution in [0.3, 0.4) is 0 Å². The van der Waals surface area contributed by atoms with Crippen molar-refractivity contribution in [1.29, 1.82) is 0 Å². The Morgan fingerprint density at radius 1 is 1.05 bits per heavy atom. The van der Waals surface area contributed by atoms with Gasteiger partial charge in [-0.3, -0.25) is 5.10 Å². The molecule has 2 aromatic carbocycles. The first kappa shape index (κ1) is 14.0. The van der Waals surface area contributed by atoms with E-state index in [0.29, 0.717) is 11.3 Å². The molecule has 0 aliphatic carbocycles. The van der Waals surface area contributed by atoms with Crippen molar-refractivity contribution in [2.45, 2.75) is 0 Å². The second-order valence-electron chi connectivity index (χ2n) is 4.49. The fourth-order valence-corrected chi connectivity index (χ4v) is 2.51. The van der Waals surface area contributed by atoms with E-state index in [-0.39, 0.29) is 11.4 Å². The molecule has 0 radical (unpaired) electrons. The Balaban J connectivity index is 2.19. The number of aromatic amines is 1. The molecular formula is C15H10F2IN3. The molecule has 106 valence electrons. The van der Waals surface area contributed by atoms with Crippen LogP contribution in [-0.4, -0.2) is 10.2 Å². The zero-order chi connectivity index (χ0) is 15.0. The Kier molecular flexibility index (Phi) is 3.62. The first-order valence-corrected chi connectivity index (χ1v) is 7.19. The molecule has 0 saturated heterocycles. The Morgan fingerprint density at radius 3 is 2.43 bits per heavy atom. The van der Waals surface area contributed by atoms with Crippen LogP contribution < -0.4 is 5.73 Å². The van der Waals surface area contributed by atoms with E-state index < -0.39 is 11.6 Å². The minimum Gasteiger partial charge on any atom is -0.382 e. The summed E-state index contributed by atoms with van der Waals surface area (Å²) in [5, 5.41) is 6.76. The molecule has 0 aliphatic rings. The second kappa shape index (κ2) is 5.44. The average Bonchev–Trinajstić information content (AvgIpc) is 2.82. The Hall–Kier alpha value is -1.96. The number of rotatable bonds is 2. The zero-order valence-corrected chi connectivity index (χ0v) is 12.9. The van der Waals surface area contributed by atoms with Crippen molar-refractivity contribution in [3.63, 3.8) is 0 Å². The summed E-state index contributed by atoms with van der Waals surface area (Å²) in [6.45, 7) is 0. The molecule has 0 aliphatic heterocycles. The molecule has 0 saturated carbocycles. The van der Waals surface area contributed by atoms with Crippen molar-refractivity contribution in [3.8, 4) is 22.4 Å². The SMILES string of the molecule is Nc1n[nH]c(-c2ccc(I)cc2)c1-c1ccc(F)cc1F. The number of nitrogens with one attached hydrogen (secondary N) is 1. The molecule has 0 spiro atoms. The molecule has 3 aromatic rings. The predicted molar refractivity (Wildman–Crippen MR) is 86.5 cm³/mol. The van der Waals surface area contributed by atoms with E-state index in [2.05, 4.69) is 32.8 Å². The summed E-state index contributed by atoms with van der Waals surface area (Å²) in [6.07, 6.45) is 0. The number of nitrogen functional groups attached to an aromatic ring is 1. The summed E-state index contributed by atoms with van der Waals surface area (Å²) in [5.41, 5.74) is 7.94. The van der Waals surface area contributed by atoms with Gasteiger partial charge >= 0.3 is 0 Å². The van der Waals surface area contributed by atoms with Gasteiger partial charge < -0.3 is 5.73 Å². The topological polar surface area (TPSA) is 54.7 Å². The number of nitrogens with zero attached hydrogens (tertiary/aromatic N) is 1. The standard InChI is InChI=1S/C15H10F2IN3/c16-9-3-6-11(12(17)7-9)13-14(20-21-15(13)19)8-1-4-10(18)5-2-8/h1-7H,(H3,19,20,21). The quantitative estimate of drug-likeness (QED) is 0.637. The fourth-order valence-electron chi connectivity index (χ4n) is 2.15. The predicted octanol–water partition coefficient (Wildman–Crippen LogP) is 4.21. The van der Waals surface area contributed by atoms with Crippen LogP contribution in [0.1, 0.15) is 0 Å². The van der Waals surface area contributed by atoms with E-state index in [1.54, 1.807) is 0 Å². The van der Waals surface area contributed by atoms with E-state index >= 15 is 0 Å². The molecule has 1 aromatic heterocycles. The molecule has 0 amide bonds. The number of hydrogen-bond donors (Lipinski definition) is 2.